The quantitative estimate of drug-likeness (QED) is 0.627. The summed E-state index contributed by atoms with van der Waals surface area (Å²) in [7, 11) is 4.44. The Hall–Kier alpha value is -3.26. The first-order chi connectivity index (χ1) is 13.8. The molecule has 8 heteroatoms. The van der Waals surface area contributed by atoms with Crippen LogP contribution >= 0.6 is 0 Å². The number of carbonyl (C=O) groups is 2. The third-order valence-corrected chi connectivity index (χ3v) is 4.18. The fourth-order valence-electron chi connectivity index (χ4n) is 2.72. The lowest BCUT2D eigenvalue weighted by atomic mass is 10.1. The largest absolute Gasteiger partial charge is 0.493 e. The van der Waals surface area contributed by atoms with E-state index in [1.807, 2.05) is 6.92 Å². The smallest absolute Gasteiger partial charge is 0.255 e. The van der Waals surface area contributed by atoms with Gasteiger partial charge < -0.3 is 30.0 Å². The number of nitrogens with one attached hydrogen (secondary N) is 2. The van der Waals surface area contributed by atoms with Gasteiger partial charge in [0.25, 0.3) is 5.91 Å². The molecule has 0 saturated heterocycles. The number of aliphatic hydroxyl groups excluding tert-OH is 1. The molecule has 8 nitrogen and oxygen atoms in total. The van der Waals surface area contributed by atoms with Crippen molar-refractivity contribution < 1.29 is 28.9 Å². The maximum atomic E-state index is 12.8. The van der Waals surface area contributed by atoms with Gasteiger partial charge in [0.2, 0.25) is 11.7 Å². The molecule has 1 unspecified atom stereocenters. The van der Waals surface area contributed by atoms with Crippen molar-refractivity contribution in [2.24, 2.45) is 0 Å². The molecule has 0 fully saturated rings. The van der Waals surface area contributed by atoms with Gasteiger partial charge in [0.05, 0.1) is 33.9 Å². The van der Waals surface area contributed by atoms with Crippen LogP contribution in [0.1, 0.15) is 29.3 Å². The van der Waals surface area contributed by atoms with Crippen LogP contribution in [0.2, 0.25) is 0 Å². The minimum atomic E-state index is -0.736. The van der Waals surface area contributed by atoms with E-state index < -0.39 is 6.10 Å². The molecule has 0 radical (unpaired) electrons. The summed E-state index contributed by atoms with van der Waals surface area (Å²) in [6.45, 7) is 3.38. The average molecular weight is 402 g/mol. The molecule has 0 saturated carbocycles. The number of benzene rings is 2. The van der Waals surface area contributed by atoms with E-state index in [0.29, 0.717) is 34.2 Å². The van der Waals surface area contributed by atoms with Crippen LogP contribution in [-0.4, -0.2) is 44.4 Å². The Kier molecular flexibility index (Phi) is 7.44. The third-order valence-electron chi connectivity index (χ3n) is 4.18. The van der Waals surface area contributed by atoms with Gasteiger partial charge in [0.15, 0.2) is 11.5 Å². The summed E-state index contributed by atoms with van der Waals surface area (Å²) in [4.78, 5) is 24.7. The monoisotopic (exact) mass is 402 g/mol. The average Bonchev–Trinajstić information content (AvgIpc) is 2.68. The van der Waals surface area contributed by atoms with E-state index in [1.165, 1.54) is 28.3 Å². The summed E-state index contributed by atoms with van der Waals surface area (Å²) in [5, 5.41) is 14.8. The highest BCUT2D eigenvalue weighted by Crippen LogP contribution is 2.38. The van der Waals surface area contributed by atoms with Crippen molar-refractivity contribution in [1.29, 1.82) is 0 Å². The molecule has 2 aromatic carbocycles. The van der Waals surface area contributed by atoms with Crippen LogP contribution in [-0.2, 0) is 4.79 Å². The molecule has 29 heavy (non-hydrogen) atoms. The van der Waals surface area contributed by atoms with Crippen LogP contribution in [0.25, 0.3) is 0 Å². The Morgan fingerprint density at radius 2 is 1.62 bits per heavy atom. The van der Waals surface area contributed by atoms with Crippen molar-refractivity contribution in [3.8, 4) is 17.2 Å². The number of carbonyl (C=O) groups excluding carboxylic acids is 2. The molecule has 0 aliphatic heterocycles. The molecule has 2 aromatic rings. The predicted molar refractivity (Wildman–Crippen MR) is 110 cm³/mol. The van der Waals surface area contributed by atoms with Crippen LogP contribution in [0.4, 0.5) is 11.4 Å². The molecule has 2 amide bonds. The zero-order valence-electron chi connectivity index (χ0n) is 17.2. The fraction of sp³-hybridized carbons (Fsp3) is 0.333. The topological polar surface area (TPSA) is 106 Å². The lowest BCUT2D eigenvalue weighted by molar-refractivity contribution is -0.117. The first kappa shape index (κ1) is 22.0. The van der Waals surface area contributed by atoms with Crippen LogP contribution < -0.4 is 24.8 Å². The number of amides is 2. The highest BCUT2D eigenvalue weighted by atomic mass is 16.5. The second kappa shape index (κ2) is 9.79. The number of aliphatic hydroxyl groups is 1. The van der Waals surface area contributed by atoms with Gasteiger partial charge in [-0.2, -0.15) is 0 Å². The summed E-state index contributed by atoms with van der Waals surface area (Å²) in [6.07, 6.45) is -0.749. The molecule has 0 heterocycles. The molecule has 2 rings (SSSR count). The second-order valence-corrected chi connectivity index (χ2v) is 6.50. The van der Waals surface area contributed by atoms with Crippen LogP contribution in [0.5, 0.6) is 17.2 Å². The number of rotatable bonds is 8. The second-order valence-electron chi connectivity index (χ2n) is 6.50. The number of hydrogen-bond donors (Lipinski definition) is 3. The molecule has 0 spiro atoms. The van der Waals surface area contributed by atoms with E-state index in [9.17, 15) is 14.7 Å². The van der Waals surface area contributed by atoms with Crippen molar-refractivity contribution in [3.05, 3.63) is 41.5 Å². The van der Waals surface area contributed by atoms with Crippen molar-refractivity contribution in [3.63, 3.8) is 0 Å². The Morgan fingerprint density at radius 1 is 1.00 bits per heavy atom. The summed E-state index contributed by atoms with van der Waals surface area (Å²) in [5.41, 5.74) is 2.20. The summed E-state index contributed by atoms with van der Waals surface area (Å²) in [6, 6.07) is 8.28. The van der Waals surface area contributed by atoms with Gasteiger partial charge in [0.1, 0.15) is 0 Å². The van der Waals surface area contributed by atoms with E-state index in [1.54, 1.807) is 30.3 Å². The SMILES string of the molecule is COc1cc(C(=O)Nc2cc(NC(=O)CC(C)O)ccc2C)cc(OC)c1OC. The first-order valence-electron chi connectivity index (χ1n) is 8.99. The molecule has 3 N–H and O–H groups in total. The Morgan fingerprint density at radius 3 is 2.14 bits per heavy atom. The number of anilines is 2. The first-order valence-corrected chi connectivity index (χ1v) is 8.99. The van der Waals surface area contributed by atoms with Gasteiger partial charge in [0, 0.05) is 16.9 Å². The minimum Gasteiger partial charge on any atom is -0.493 e. The predicted octanol–water partition coefficient (Wildman–Crippen LogP) is 2.98. The van der Waals surface area contributed by atoms with Gasteiger partial charge in [-0.15, -0.1) is 0 Å². The molecular weight excluding hydrogens is 376 g/mol. The van der Waals surface area contributed by atoms with Gasteiger partial charge in [-0.05, 0) is 43.7 Å². The van der Waals surface area contributed by atoms with E-state index in [2.05, 4.69) is 10.6 Å². The fourth-order valence-corrected chi connectivity index (χ4v) is 2.72. The van der Waals surface area contributed by atoms with E-state index in [4.69, 9.17) is 14.2 Å². The van der Waals surface area contributed by atoms with Crippen LogP contribution in [0.3, 0.4) is 0 Å². The zero-order valence-corrected chi connectivity index (χ0v) is 17.2. The van der Waals surface area contributed by atoms with Gasteiger partial charge in [-0.25, -0.2) is 0 Å². The standard InChI is InChI=1S/C21H26N2O6/c1-12-6-7-15(22-19(25)8-13(2)24)11-16(12)23-21(26)14-9-17(27-3)20(29-5)18(10-14)28-4/h6-7,9-11,13,24H,8H2,1-5H3,(H,22,25)(H,23,26). The molecule has 156 valence electrons. The molecule has 0 aliphatic carbocycles. The Balaban J connectivity index is 2.26. The maximum absolute atomic E-state index is 12.8. The summed E-state index contributed by atoms with van der Waals surface area (Å²) >= 11 is 0. The molecular formula is C21H26N2O6. The number of aryl methyl sites for hydroxylation is 1. The molecule has 0 aromatic heterocycles. The van der Waals surface area contributed by atoms with Crippen LogP contribution in [0.15, 0.2) is 30.3 Å². The van der Waals surface area contributed by atoms with Crippen LogP contribution in [0, 0.1) is 6.92 Å². The number of hydrogen-bond acceptors (Lipinski definition) is 6. The van der Waals surface area contributed by atoms with Gasteiger partial charge in [-0.1, -0.05) is 6.07 Å². The van der Waals surface area contributed by atoms with E-state index in [-0.39, 0.29) is 18.2 Å². The Bertz CT molecular complexity index is 870. The summed E-state index contributed by atoms with van der Waals surface area (Å²) in [5.74, 6) is 0.442. The van der Waals surface area contributed by atoms with Gasteiger partial charge >= 0.3 is 0 Å². The minimum absolute atomic E-state index is 0.0129. The summed E-state index contributed by atoms with van der Waals surface area (Å²) < 4.78 is 15.8. The third kappa shape index (κ3) is 5.61. The van der Waals surface area contributed by atoms with Crippen molar-refractivity contribution in [2.75, 3.05) is 32.0 Å². The Labute approximate surface area is 169 Å². The normalized spacial score (nSPS) is 11.4. The highest BCUT2D eigenvalue weighted by Gasteiger charge is 2.18. The number of ether oxygens (including phenoxy) is 3. The molecule has 0 bridgehead atoms. The lowest BCUT2D eigenvalue weighted by Gasteiger charge is -2.15. The maximum Gasteiger partial charge on any atom is 0.255 e. The lowest BCUT2D eigenvalue weighted by Crippen LogP contribution is -2.18. The van der Waals surface area contributed by atoms with Crippen molar-refractivity contribution in [2.45, 2.75) is 26.4 Å². The van der Waals surface area contributed by atoms with Crippen molar-refractivity contribution in [1.82, 2.24) is 0 Å². The molecule has 0 aliphatic rings. The highest BCUT2D eigenvalue weighted by molar-refractivity contribution is 6.06. The van der Waals surface area contributed by atoms with E-state index in [0.717, 1.165) is 5.56 Å². The molecule has 1 atom stereocenters. The van der Waals surface area contributed by atoms with Crippen molar-refractivity contribution >= 4 is 23.2 Å². The van der Waals surface area contributed by atoms with Gasteiger partial charge in [-0.3, -0.25) is 9.59 Å². The van der Waals surface area contributed by atoms with E-state index >= 15 is 0 Å². The number of methoxy groups -OCH3 is 3. The zero-order chi connectivity index (χ0) is 21.6.